The molecule has 1 saturated carbocycles. The Morgan fingerprint density at radius 3 is 2.81 bits per heavy atom. The van der Waals surface area contributed by atoms with Gasteiger partial charge in [0.1, 0.15) is 6.07 Å². The van der Waals surface area contributed by atoms with Crippen molar-refractivity contribution >= 4 is 28.8 Å². The fraction of sp³-hybridized carbons (Fsp3) is 0.353. The van der Waals surface area contributed by atoms with E-state index in [-0.39, 0.29) is 0 Å². The highest BCUT2D eigenvalue weighted by molar-refractivity contribution is 7.99. The van der Waals surface area contributed by atoms with Gasteiger partial charge in [0.15, 0.2) is 0 Å². The molecular weight excluding hydrogens is 296 g/mol. The van der Waals surface area contributed by atoms with Crippen LogP contribution in [0.1, 0.15) is 30.2 Å². The molecule has 0 spiro atoms. The van der Waals surface area contributed by atoms with Gasteiger partial charge in [-0.15, -0.1) is 23.1 Å². The summed E-state index contributed by atoms with van der Waals surface area (Å²) >= 11 is 3.54. The van der Waals surface area contributed by atoms with Crippen molar-refractivity contribution in [3.8, 4) is 6.07 Å². The minimum Gasteiger partial charge on any atom is -0.362 e. The fourth-order valence-electron chi connectivity index (χ4n) is 2.51. The van der Waals surface area contributed by atoms with Crippen molar-refractivity contribution in [3.05, 3.63) is 46.2 Å². The van der Waals surface area contributed by atoms with Crippen LogP contribution in [0.25, 0.3) is 0 Å². The zero-order valence-corrected chi connectivity index (χ0v) is 13.7. The standard InChI is InChI=1S/C17H18N2S2/c1-2-20-17-7-3-6-16(15(17)11-18)19(13-8-9-13)12-14-5-4-10-21-14/h3-7,10,13H,2,8-9,12H2,1H3. The van der Waals surface area contributed by atoms with Gasteiger partial charge in [0.2, 0.25) is 0 Å². The fourth-order valence-corrected chi connectivity index (χ4v) is 4.00. The molecule has 2 nitrogen and oxygen atoms in total. The van der Waals surface area contributed by atoms with Crippen LogP contribution in [0.15, 0.2) is 40.6 Å². The number of nitrogens with zero attached hydrogens (tertiary/aromatic N) is 2. The lowest BCUT2D eigenvalue weighted by atomic mass is 10.1. The third-order valence-electron chi connectivity index (χ3n) is 3.62. The summed E-state index contributed by atoms with van der Waals surface area (Å²) in [7, 11) is 0. The molecule has 0 saturated heterocycles. The zero-order valence-electron chi connectivity index (χ0n) is 12.1. The third kappa shape index (κ3) is 3.25. The topological polar surface area (TPSA) is 27.0 Å². The molecule has 1 fully saturated rings. The van der Waals surface area contributed by atoms with E-state index in [1.807, 2.05) is 0 Å². The predicted octanol–water partition coefficient (Wildman–Crippen LogP) is 4.90. The molecule has 108 valence electrons. The SMILES string of the molecule is CCSc1cccc(N(Cc2cccs2)C2CC2)c1C#N. The molecular formula is C17H18N2S2. The Morgan fingerprint density at radius 2 is 2.19 bits per heavy atom. The number of hydrogen-bond donors (Lipinski definition) is 0. The summed E-state index contributed by atoms with van der Waals surface area (Å²) in [5, 5.41) is 11.7. The van der Waals surface area contributed by atoms with Crippen LogP contribution in [-0.4, -0.2) is 11.8 Å². The van der Waals surface area contributed by atoms with Gasteiger partial charge in [0.05, 0.1) is 17.8 Å². The Balaban J connectivity index is 1.95. The largest absolute Gasteiger partial charge is 0.362 e. The van der Waals surface area contributed by atoms with Crippen molar-refractivity contribution in [3.63, 3.8) is 0 Å². The average molecular weight is 314 g/mol. The van der Waals surface area contributed by atoms with E-state index in [0.29, 0.717) is 6.04 Å². The second-order valence-corrected chi connectivity index (χ2v) is 7.47. The number of anilines is 1. The molecule has 3 rings (SSSR count). The van der Waals surface area contributed by atoms with Crippen LogP contribution in [0, 0.1) is 11.3 Å². The molecule has 1 heterocycles. The van der Waals surface area contributed by atoms with Crippen molar-refractivity contribution in [2.24, 2.45) is 0 Å². The maximum absolute atomic E-state index is 9.62. The van der Waals surface area contributed by atoms with Crippen LogP contribution in [0.3, 0.4) is 0 Å². The smallest absolute Gasteiger partial charge is 0.103 e. The molecule has 1 aromatic heterocycles. The van der Waals surface area contributed by atoms with Crippen LogP contribution in [0.4, 0.5) is 5.69 Å². The highest BCUT2D eigenvalue weighted by Gasteiger charge is 2.31. The van der Waals surface area contributed by atoms with Gasteiger partial charge in [-0.25, -0.2) is 0 Å². The molecule has 0 amide bonds. The van der Waals surface area contributed by atoms with E-state index in [9.17, 15) is 5.26 Å². The van der Waals surface area contributed by atoms with Gasteiger partial charge in [-0.3, -0.25) is 0 Å². The third-order valence-corrected chi connectivity index (χ3v) is 5.42. The summed E-state index contributed by atoms with van der Waals surface area (Å²) in [6.45, 7) is 3.04. The van der Waals surface area contributed by atoms with E-state index >= 15 is 0 Å². The van der Waals surface area contributed by atoms with E-state index in [4.69, 9.17) is 0 Å². The molecule has 0 radical (unpaired) electrons. The molecule has 1 aliphatic carbocycles. The summed E-state index contributed by atoms with van der Waals surface area (Å²) in [6.07, 6.45) is 2.47. The molecule has 1 aliphatic rings. The summed E-state index contributed by atoms with van der Waals surface area (Å²) in [6, 6.07) is 13.5. The van der Waals surface area contributed by atoms with Gasteiger partial charge in [-0.2, -0.15) is 5.26 Å². The number of thiophene rings is 1. The molecule has 0 bridgehead atoms. The van der Waals surface area contributed by atoms with Gasteiger partial charge in [0.25, 0.3) is 0 Å². The molecule has 21 heavy (non-hydrogen) atoms. The molecule has 1 aromatic carbocycles. The Kier molecular flexibility index (Phi) is 4.52. The highest BCUT2D eigenvalue weighted by Crippen LogP contribution is 2.38. The molecule has 0 N–H and O–H groups in total. The summed E-state index contributed by atoms with van der Waals surface area (Å²) < 4.78 is 0. The van der Waals surface area contributed by atoms with Crippen LogP contribution in [-0.2, 0) is 6.54 Å². The monoisotopic (exact) mass is 314 g/mol. The lowest BCUT2D eigenvalue weighted by Gasteiger charge is -2.26. The molecule has 4 heteroatoms. The second-order valence-electron chi connectivity index (χ2n) is 5.13. The second kappa shape index (κ2) is 6.55. The first-order chi connectivity index (χ1) is 10.3. The number of nitriles is 1. The van der Waals surface area contributed by atoms with Gasteiger partial charge >= 0.3 is 0 Å². The van der Waals surface area contributed by atoms with Gasteiger partial charge < -0.3 is 4.90 Å². The lowest BCUT2D eigenvalue weighted by Crippen LogP contribution is -2.25. The van der Waals surface area contributed by atoms with Gasteiger partial charge in [0, 0.05) is 15.8 Å². The minimum atomic E-state index is 0.598. The Morgan fingerprint density at radius 1 is 1.33 bits per heavy atom. The average Bonchev–Trinajstić information content (AvgIpc) is 3.21. The Labute approximate surface area is 134 Å². The summed E-state index contributed by atoms with van der Waals surface area (Å²) in [4.78, 5) is 4.89. The molecule has 0 aliphatic heterocycles. The van der Waals surface area contributed by atoms with Crippen molar-refractivity contribution < 1.29 is 0 Å². The number of hydrogen-bond acceptors (Lipinski definition) is 4. The van der Waals surface area contributed by atoms with E-state index in [1.165, 1.54) is 17.7 Å². The number of thioether (sulfide) groups is 1. The minimum absolute atomic E-state index is 0.598. The zero-order chi connectivity index (χ0) is 14.7. The van der Waals surface area contributed by atoms with Crippen LogP contribution >= 0.6 is 23.1 Å². The van der Waals surface area contributed by atoms with Crippen molar-refractivity contribution in [2.45, 2.75) is 37.2 Å². The first-order valence-corrected chi connectivity index (χ1v) is 9.15. The van der Waals surface area contributed by atoms with Crippen LogP contribution in [0.5, 0.6) is 0 Å². The first kappa shape index (κ1) is 14.5. The lowest BCUT2D eigenvalue weighted by molar-refractivity contribution is 0.800. The summed E-state index contributed by atoms with van der Waals surface area (Å²) in [5.41, 5.74) is 1.94. The number of benzene rings is 1. The quantitative estimate of drug-likeness (QED) is 0.710. The Hall–Kier alpha value is -1.44. The van der Waals surface area contributed by atoms with Crippen molar-refractivity contribution in [1.29, 1.82) is 5.26 Å². The van der Waals surface area contributed by atoms with E-state index < -0.39 is 0 Å². The van der Waals surface area contributed by atoms with E-state index in [2.05, 4.69) is 53.6 Å². The summed E-state index contributed by atoms with van der Waals surface area (Å²) in [5.74, 6) is 0.993. The Bertz CT molecular complexity index is 639. The normalized spacial score (nSPS) is 13.9. The first-order valence-electron chi connectivity index (χ1n) is 7.28. The predicted molar refractivity (Wildman–Crippen MR) is 91.1 cm³/mol. The van der Waals surface area contributed by atoms with Crippen molar-refractivity contribution in [1.82, 2.24) is 0 Å². The van der Waals surface area contributed by atoms with Crippen LogP contribution in [0.2, 0.25) is 0 Å². The van der Waals surface area contributed by atoms with Crippen molar-refractivity contribution in [2.75, 3.05) is 10.7 Å². The highest BCUT2D eigenvalue weighted by atomic mass is 32.2. The molecule has 0 unspecified atom stereocenters. The van der Waals surface area contributed by atoms with E-state index in [0.717, 1.165) is 28.4 Å². The molecule has 2 aromatic rings. The van der Waals surface area contributed by atoms with Gasteiger partial charge in [-0.1, -0.05) is 19.1 Å². The van der Waals surface area contributed by atoms with Crippen LogP contribution < -0.4 is 4.90 Å². The maximum atomic E-state index is 9.62. The number of rotatable bonds is 6. The van der Waals surface area contributed by atoms with Gasteiger partial charge in [-0.05, 0) is 42.2 Å². The molecule has 0 atom stereocenters. The maximum Gasteiger partial charge on any atom is 0.103 e. The van der Waals surface area contributed by atoms with E-state index in [1.54, 1.807) is 23.1 Å².